The fourth-order valence-electron chi connectivity index (χ4n) is 9.84. The van der Waals surface area contributed by atoms with Gasteiger partial charge in [0.2, 0.25) is 5.95 Å². The summed E-state index contributed by atoms with van der Waals surface area (Å²) in [5, 5.41) is 8.08. The van der Waals surface area contributed by atoms with Crippen LogP contribution in [0.5, 0.6) is 0 Å². The van der Waals surface area contributed by atoms with Gasteiger partial charge in [-0.3, -0.25) is 4.57 Å². The van der Waals surface area contributed by atoms with Crippen LogP contribution in [0, 0.1) is 0 Å². The van der Waals surface area contributed by atoms with Crippen molar-refractivity contribution in [2.24, 2.45) is 0 Å². The van der Waals surface area contributed by atoms with Crippen molar-refractivity contribution < 1.29 is 4.42 Å². The molecule has 292 valence electrons. The second-order valence-electron chi connectivity index (χ2n) is 16.5. The summed E-state index contributed by atoms with van der Waals surface area (Å²) in [4.78, 5) is 16.3. The summed E-state index contributed by atoms with van der Waals surface area (Å²) in [5.74, 6) is 2.93. The van der Waals surface area contributed by atoms with Crippen molar-refractivity contribution in [1.82, 2.24) is 24.1 Å². The highest BCUT2D eigenvalue weighted by molar-refractivity contribution is 6.14. The third-order valence-corrected chi connectivity index (χ3v) is 12.7. The van der Waals surface area contributed by atoms with E-state index in [2.05, 4.69) is 198 Å². The molecule has 62 heavy (non-hydrogen) atoms. The number of para-hydroxylation sites is 3. The number of fused-ring (bicyclic) bond motifs is 10. The molecule has 13 rings (SSSR count). The summed E-state index contributed by atoms with van der Waals surface area (Å²) in [5.41, 5.74) is 11.2. The topological polar surface area (TPSA) is 61.7 Å². The molecule has 0 amide bonds. The SMILES string of the molecule is CC1CC=Cc2c1oc1cc(-n3c4ccccc4c4cc5ccccc5cc43)cc(-c3nc(-c4cccc(-c5ccccc5)c4)nc(-n4c5ccccc5c5ccccc54)n3)c21. The molecule has 0 spiro atoms. The van der Waals surface area contributed by atoms with Crippen LogP contribution < -0.4 is 0 Å². The molecule has 0 fully saturated rings. The van der Waals surface area contributed by atoms with Gasteiger partial charge in [0.15, 0.2) is 11.6 Å². The first-order valence-corrected chi connectivity index (χ1v) is 21.2. The number of hydrogen-bond acceptors (Lipinski definition) is 4. The molecule has 4 aromatic heterocycles. The third kappa shape index (κ3) is 5.26. The lowest BCUT2D eigenvalue weighted by atomic mass is 9.92. The Morgan fingerprint density at radius 2 is 1.11 bits per heavy atom. The van der Waals surface area contributed by atoms with Gasteiger partial charge in [0.1, 0.15) is 11.3 Å². The van der Waals surface area contributed by atoms with Gasteiger partial charge in [-0.05, 0) is 70.8 Å². The van der Waals surface area contributed by atoms with E-state index in [4.69, 9.17) is 19.4 Å². The fraction of sp³-hybridized carbons (Fsp3) is 0.0536. The van der Waals surface area contributed by atoms with Gasteiger partial charge in [-0.2, -0.15) is 9.97 Å². The van der Waals surface area contributed by atoms with Crippen LogP contribution in [-0.2, 0) is 0 Å². The minimum absolute atomic E-state index is 0.223. The highest BCUT2D eigenvalue weighted by atomic mass is 16.3. The van der Waals surface area contributed by atoms with E-state index >= 15 is 0 Å². The van der Waals surface area contributed by atoms with Crippen molar-refractivity contribution in [3.8, 4) is 45.5 Å². The van der Waals surface area contributed by atoms with Crippen LogP contribution in [0.3, 0.4) is 0 Å². The number of hydrogen-bond donors (Lipinski definition) is 0. The molecule has 12 aromatic rings. The molecule has 4 heterocycles. The van der Waals surface area contributed by atoms with Gasteiger partial charge in [0.25, 0.3) is 0 Å². The number of furan rings is 1. The molecule has 1 aliphatic rings. The van der Waals surface area contributed by atoms with Crippen LogP contribution in [-0.4, -0.2) is 24.1 Å². The van der Waals surface area contributed by atoms with Crippen LogP contribution in [0.25, 0.3) is 117 Å². The maximum Gasteiger partial charge on any atom is 0.238 e. The molecule has 0 aliphatic heterocycles. The molecular weight excluding hydrogens is 759 g/mol. The normalized spacial score (nSPS) is 13.9. The Labute approximate surface area is 356 Å². The van der Waals surface area contributed by atoms with Crippen molar-refractivity contribution in [3.05, 3.63) is 193 Å². The van der Waals surface area contributed by atoms with Gasteiger partial charge in [-0.25, -0.2) is 4.98 Å². The van der Waals surface area contributed by atoms with Crippen molar-refractivity contribution in [2.75, 3.05) is 0 Å². The predicted molar refractivity (Wildman–Crippen MR) is 254 cm³/mol. The van der Waals surface area contributed by atoms with Crippen molar-refractivity contribution in [2.45, 2.75) is 19.3 Å². The molecule has 6 heteroatoms. The third-order valence-electron chi connectivity index (χ3n) is 12.7. The summed E-state index contributed by atoms with van der Waals surface area (Å²) in [6.45, 7) is 2.24. The second-order valence-corrected chi connectivity index (χ2v) is 16.5. The predicted octanol–water partition coefficient (Wildman–Crippen LogP) is 14.5. The van der Waals surface area contributed by atoms with Crippen LogP contribution in [0.1, 0.15) is 30.6 Å². The average Bonchev–Trinajstić information content (AvgIpc) is 3.99. The van der Waals surface area contributed by atoms with Crippen molar-refractivity contribution in [3.63, 3.8) is 0 Å². The van der Waals surface area contributed by atoms with E-state index in [1.165, 1.54) is 21.5 Å². The number of aromatic nitrogens is 5. The minimum atomic E-state index is 0.223. The second kappa shape index (κ2) is 13.5. The standard InChI is InChI=1S/C56H37N5O/c1-34-15-13-25-44-52-46(32-40(33-51(52)62-53(34)44)60-47-26-10-9-24-43(47)45-30-37-18-5-6-19-38(37)31-50(45)60)55-57-54(39-21-14-20-36(29-39)35-16-3-2-4-17-35)58-56(59-55)61-48-27-11-7-22-41(48)42-23-8-12-28-49(42)61/h2-14,16-34H,15H2,1H3. The lowest BCUT2D eigenvalue weighted by Crippen LogP contribution is -2.07. The summed E-state index contributed by atoms with van der Waals surface area (Å²) in [6, 6.07) is 62.3. The Kier molecular flexibility index (Phi) is 7.54. The highest BCUT2D eigenvalue weighted by Gasteiger charge is 2.27. The fourth-order valence-corrected chi connectivity index (χ4v) is 9.84. The molecule has 0 bridgehead atoms. The Morgan fingerprint density at radius 1 is 0.500 bits per heavy atom. The van der Waals surface area contributed by atoms with Crippen LogP contribution in [0.2, 0.25) is 0 Å². The maximum absolute atomic E-state index is 6.95. The first-order chi connectivity index (χ1) is 30.6. The smallest absolute Gasteiger partial charge is 0.238 e. The first-order valence-electron chi connectivity index (χ1n) is 21.2. The highest BCUT2D eigenvalue weighted by Crippen LogP contribution is 2.44. The average molecular weight is 796 g/mol. The van der Waals surface area contributed by atoms with Gasteiger partial charge >= 0.3 is 0 Å². The van der Waals surface area contributed by atoms with Gasteiger partial charge in [0, 0.05) is 55.6 Å². The maximum atomic E-state index is 6.95. The Balaban J connectivity index is 1.14. The van der Waals surface area contributed by atoms with E-state index in [-0.39, 0.29) is 5.92 Å². The number of rotatable bonds is 5. The van der Waals surface area contributed by atoms with Gasteiger partial charge in [-0.15, -0.1) is 0 Å². The summed E-state index contributed by atoms with van der Waals surface area (Å²) in [6.07, 6.45) is 5.39. The van der Waals surface area contributed by atoms with E-state index < -0.39 is 0 Å². The van der Waals surface area contributed by atoms with Crippen LogP contribution in [0.4, 0.5) is 0 Å². The van der Waals surface area contributed by atoms with Gasteiger partial charge in [0.05, 0.1) is 27.8 Å². The first kappa shape index (κ1) is 34.7. The van der Waals surface area contributed by atoms with Gasteiger partial charge in [-0.1, -0.05) is 146 Å². The number of benzene rings is 8. The molecule has 1 aliphatic carbocycles. The quantitative estimate of drug-likeness (QED) is 0.174. The van der Waals surface area contributed by atoms with Crippen LogP contribution in [0.15, 0.2) is 186 Å². The zero-order chi connectivity index (χ0) is 40.9. The molecule has 6 nitrogen and oxygen atoms in total. The largest absolute Gasteiger partial charge is 0.460 e. The molecule has 0 saturated heterocycles. The van der Waals surface area contributed by atoms with E-state index in [1.54, 1.807) is 0 Å². The lowest BCUT2D eigenvalue weighted by molar-refractivity contribution is 0.504. The van der Waals surface area contributed by atoms with Crippen molar-refractivity contribution >= 4 is 71.4 Å². The molecule has 0 radical (unpaired) electrons. The summed E-state index contributed by atoms with van der Waals surface area (Å²) >= 11 is 0. The Hall–Kier alpha value is -8.09. The molecule has 1 atom stereocenters. The minimum Gasteiger partial charge on any atom is -0.460 e. The molecular formula is C56H37N5O. The molecule has 1 unspecified atom stereocenters. The molecule has 8 aromatic carbocycles. The summed E-state index contributed by atoms with van der Waals surface area (Å²) < 4.78 is 11.5. The van der Waals surface area contributed by atoms with E-state index in [1.807, 2.05) is 6.07 Å². The monoisotopic (exact) mass is 795 g/mol. The molecule has 0 saturated carbocycles. The Morgan fingerprint density at radius 3 is 1.87 bits per heavy atom. The van der Waals surface area contributed by atoms with Crippen LogP contribution >= 0.6 is 0 Å². The zero-order valence-corrected chi connectivity index (χ0v) is 33.8. The number of nitrogens with zero attached hydrogens (tertiary/aromatic N) is 5. The zero-order valence-electron chi connectivity index (χ0n) is 33.8. The Bertz CT molecular complexity index is 3760. The molecule has 0 N–H and O–H groups in total. The van der Waals surface area contributed by atoms with Gasteiger partial charge < -0.3 is 8.98 Å². The van der Waals surface area contributed by atoms with Crippen molar-refractivity contribution in [1.29, 1.82) is 0 Å². The van der Waals surface area contributed by atoms with E-state index in [0.29, 0.717) is 17.6 Å². The summed E-state index contributed by atoms with van der Waals surface area (Å²) in [7, 11) is 0. The van der Waals surface area contributed by atoms with E-state index in [0.717, 1.165) is 89.5 Å². The van der Waals surface area contributed by atoms with E-state index in [9.17, 15) is 0 Å². The number of allylic oxidation sites excluding steroid dienone is 1. The lowest BCUT2D eigenvalue weighted by Gasteiger charge is -2.15.